The van der Waals surface area contributed by atoms with Gasteiger partial charge in [0.2, 0.25) is 0 Å². The van der Waals surface area contributed by atoms with E-state index in [1.807, 2.05) is 0 Å². The Labute approximate surface area is 126 Å². The molecule has 2 aliphatic heterocycles. The Morgan fingerprint density at radius 3 is 2.36 bits per heavy atom. The molecule has 120 valence electrons. The highest BCUT2D eigenvalue weighted by Gasteiger charge is 2.48. The van der Waals surface area contributed by atoms with Gasteiger partial charge in [-0.1, -0.05) is 0 Å². The van der Waals surface area contributed by atoms with Crippen LogP contribution in [0, 0.1) is 11.6 Å². The molecule has 1 aromatic carbocycles. The lowest BCUT2D eigenvalue weighted by Crippen LogP contribution is -2.70. The Hall–Kier alpha value is -1.61. The number of carbonyl (C=O) groups excluding carboxylic acids is 1. The predicted molar refractivity (Wildman–Crippen MR) is 72.5 cm³/mol. The van der Waals surface area contributed by atoms with E-state index >= 15 is 0 Å². The molecule has 1 aromatic rings. The van der Waals surface area contributed by atoms with E-state index in [1.165, 1.54) is 12.1 Å². The molecule has 3 N–H and O–H groups in total. The van der Waals surface area contributed by atoms with Crippen molar-refractivity contribution in [2.45, 2.75) is 11.6 Å². The van der Waals surface area contributed by atoms with Gasteiger partial charge in [0.1, 0.15) is 17.2 Å². The minimum atomic E-state index is -1.05. The highest BCUT2D eigenvalue weighted by molar-refractivity contribution is 5.87. The summed E-state index contributed by atoms with van der Waals surface area (Å²) < 4.78 is 37.5. The largest absolute Gasteiger partial charge is 0.376 e. The number of nitrogens with one attached hydrogen (secondary N) is 1. The van der Waals surface area contributed by atoms with E-state index in [2.05, 4.69) is 5.32 Å². The van der Waals surface area contributed by atoms with E-state index in [1.54, 1.807) is 0 Å². The number of halogens is 2. The number of benzene rings is 1. The fraction of sp³-hybridized carbons (Fsp3) is 0.500. The number of hydrazine groups is 1. The van der Waals surface area contributed by atoms with E-state index < -0.39 is 29.1 Å². The maximum absolute atomic E-state index is 13.4. The van der Waals surface area contributed by atoms with Gasteiger partial charge in [-0.05, 0) is 17.7 Å². The van der Waals surface area contributed by atoms with Crippen LogP contribution in [0.4, 0.5) is 8.78 Å². The Balaban J connectivity index is 1.85. The number of hydrogen-bond acceptors (Lipinski definition) is 5. The monoisotopic (exact) mass is 313 g/mol. The molecule has 2 aliphatic rings. The normalized spacial score (nSPS) is 25.3. The molecular weight excluding hydrogens is 296 g/mol. The van der Waals surface area contributed by atoms with Crippen LogP contribution in [-0.4, -0.2) is 49.4 Å². The van der Waals surface area contributed by atoms with Crippen LogP contribution >= 0.6 is 0 Å². The van der Waals surface area contributed by atoms with E-state index in [9.17, 15) is 13.6 Å². The van der Waals surface area contributed by atoms with Gasteiger partial charge >= 0.3 is 0 Å². The van der Waals surface area contributed by atoms with Crippen molar-refractivity contribution in [3.63, 3.8) is 0 Å². The van der Waals surface area contributed by atoms with E-state index in [-0.39, 0.29) is 19.8 Å². The van der Waals surface area contributed by atoms with Gasteiger partial charge in [-0.15, -0.1) is 0 Å². The third-order valence-electron chi connectivity index (χ3n) is 3.95. The van der Waals surface area contributed by atoms with Crippen molar-refractivity contribution in [3.8, 4) is 0 Å². The van der Waals surface area contributed by atoms with Crippen LogP contribution in [-0.2, 0) is 14.3 Å². The number of piperazine rings is 1. The summed E-state index contributed by atoms with van der Waals surface area (Å²) in [5.74, 6) is 4.06. The van der Waals surface area contributed by atoms with Gasteiger partial charge in [-0.2, -0.15) is 0 Å². The molecule has 0 aromatic heterocycles. The van der Waals surface area contributed by atoms with Gasteiger partial charge in [0.15, 0.2) is 0 Å². The molecule has 8 heteroatoms. The molecule has 3 rings (SSSR count). The second kappa shape index (κ2) is 5.88. The van der Waals surface area contributed by atoms with Crippen LogP contribution in [0.2, 0.25) is 0 Å². The van der Waals surface area contributed by atoms with Crippen LogP contribution in [0.5, 0.6) is 0 Å². The van der Waals surface area contributed by atoms with Gasteiger partial charge in [-0.25, -0.2) is 14.6 Å². The van der Waals surface area contributed by atoms with Crippen LogP contribution in [0.3, 0.4) is 0 Å². The minimum absolute atomic E-state index is 0.143. The predicted octanol–water partition coefficient (Wildman–Crippen LogP) is 0.0970. The molecule has 0 radical (unpaired) electrons. The molecular formula is C14H17F2N3O3. The van der Waals surface area contributed by atoms with Crippen LogP contribution < -0.4 is 11.2 Å². The smallest absolute Gasteiger partial charge is 0.262 e. The molecule has 1 atom stereocenters. The highest BCUT2D eigenvalue weighted by Crippen LogP contribution is 2.28. The first-order chi connectivity index (χ1) is 10.5. The molecule has 0 bridgehead atoms. The van der Waals surface area contributed by atoms with E-state index in [4.69, 9.17) is 15.3 Å². The van der Waals surface area contributed by atoms with Gasteiger partial charge in [0.25, 0.3) is 5.91 Å². The fourth-order valence-corrected chi connectivity index (χ4v) is 2.78. The zero-order valence-electron chi connectivity index (χ0n) is 11.9. The lowest BCUT2D eigenvalue weighted by molar-refractivity contribution is -0.150. The molecule has 1 spiro atoms. The highest BCUT2D eigenvalue weighted by atomic mass is 19.1. The van der Waals surface area contributed by atoms with Crippen molar-refractivity contribution in [3.05, 3.63) is 35.4 Å². The third kappa shape index (κ3) is 2.70. The summed E-state index contributed by atoms with van der Waals surface area (Å²) in [5.41, 5.74) is -0.751. The molecule has 2 fully saturated rings. The van der Waals surface area contributed by atoms with Crippen molar-refractivity contribution < 1.29 is 23.0 Å². The number of nitrogens with two attached hydrogens (primary N) is 1. The molecule has 2 heterocycles. The van der Waals surface area contributed by atoms with Gasteiger partial charge in [-0.3, -0.25) is 15.1 Å². The zero-order chi connectivity index (χ0) is 15.7. The van der Waals surface area contributed by atoms with Crippen LogP contribution in [0.1, 0.15) is 11.6 Å². The summed E-state index contributed by atoms with van der Waals surface area (Å²) in [6.07, 6.45) is 0. The summed E-state index contributed by atoms with van der Waals surface area (Å²) in [7, 11) is 0. The standard InChI is InChI=1S/C14H17F2N3O3/c15-10-3-9(4-11(16)5-10)12-6-18-14(13(20)19(12)17)7-21-1-2-22-8-14/h3-5,12,18H,1-2,6-8,17H2. The average Bonchev–Trinajstić information content (AvgIpc) is 2.70. The number of hydrogen-bond donors (Lipinski definition) is 2. The summed E-state index contributed by atoms with van der Waals surface area (Å²) in [4.78, 5) is 12.6. The van der Waals surface area contributed by atoms with Crippen molar-refractivity contribution in [2.24, 2.45) is 5.84 Å². The second-order valence-electron chi connectivity index (χ2n) is 5.50. The first-order valence-corrected chi connectivity index (χ1v) is 6.97. The van der Waals surface area contributed by atoms with Crippen LogP contribution in [0.15, 0.2) is 18.2 Å². The molecule has 6 nitrogen and oxygen atoms in total. The SMILES string of the molecule is NN1C(=O)C2(COCCOC2)NCC1c1cc(F)cc(F)c1. The summed E-state index contributed by atoms with van der Waals surface area (Å²) in [6, 6.07) is 2.45. The van der Waals surface area contributed by atoms with Crippen molar-refractivity contribution in [1.29, 1.82) is 0 Å². The number of nitrogens with zero attached hydrogens (tertiary/aromatic N) is 1. The molecule has 0 saturated carbocycles. The van der Waals surface area contributed by atoms with Gasteiger partial charge in [0, 0.05) is 12.6 Å². The zero-order valence-corrected chi connectivity index (χ0v) is 11.9. The number of carbonyl (C=O) groups is 1. The van der Waals surface area contributed by atoms with Crippen molar-refractivity contribution in [1.82, 2.24) is 10.3 Å². The summed E-state index contributed by atoms with van der Waals surface area (Å²) >= 11 is 0. The number of amides is 1. The maximum Gasteiger partial charge on any atom is 0.262 e. The van der Waals surface area contributed by atoms with Gasteiger partial charge < -0.3 is 9.47 Å². The van der Waals surface area contributed by atoms with Gasteiger partial charge in [0.05, 0.1) is 32.5 Å². The van der Waals surface area contributed by atoms with Crippen molar-refractivity contribution >= 4 is 5.91 Å². The average molecular weight is 313 g/mol. The molecule has 1 amide bonds. The Morgan fingerprint density at radius 1 is 1.18 bits per heavy atom. The molecule has 22 heavy (non-hydrogen) atoms. The quantitative estimate of drug-likeness (QED) is 0.568. The maximum atomic E-state index is 13.4. The molecule has 1 unspecified atom stereocenters. The topological polar surface area (TPSA) is 76.8 Å². The first-order valence-electron chi connectivity index (χ1n) is 6.97. The number of rotatable bonds is 1. The fourth-order valence-electron chi connectivity index (χ4n) is 2.78. The summed E-state index contributed by atoms with van der Waals surface area (Å²) in [6.45, 7) is 1.34. The Morgan fingerprint density at radius 2 is 1.77 bits per heavy atom. The lowest BCUT2D eigenvalue weighted by atomic mass is 9.93. The third-order valence-corrected chi connectivity index (χ3v) is 3.95. The lowest BCUT2D eigenvalue weighted by Gasteiger charge is -2.43. The van der Waals surface area contributed by atoms with E-state index in [0.29, 0.717) is 18.8 Å². The Bertz CT molecular complexity index is 556. The number of ether oxygens (including phenoxy) is 2. The first kappa shape index (κ1) is 15.3. The van der Waals surface area contributed by atoms with E-state index in [0.717, 1.165) is 11.1 Å². The van der Waals surface area contributed by atoms with Crippen LogP contribution in [0.25, 0.3) is 0 Å². The summed E-state index contributed by atoms with van der Waals surface area (Å²) in [5, 5.41) is 4.08. The van der Waals surface area contributed by atoms with Crippen molar-refractivity contribution in [2.75, 3.05) is 33.0 Å². The molecule has 2 saturated heterocycles. The second-order valence-corrected chi connectivity index (χ2v) is 5.50. The molecule has 0 aliphatic carbocycles. The minimum Gasteiger partial charge on any atom is -0.376 e. The Kier molecular flexibility index (Phi) is 4.09.